The zero-order valence-electron chi connectivity index (χ0n) is 45.5. The van der Waals surface area contributed by atoms with Gasteiger partial charge in [0.25, 0.3) is 0 Å². The van der Waals surface area contributed by atoms with E-state index in [0.717, 1.165) is 124 Å². The molecule has 12 aromatic rings. The van der Waals surface area contributed by atoms with Crippen molar-refractivity contribution in [2.24, 2.45) is 0 Å². The Morgan fingerprint density at radius 3 is 0.929 bits per heavy atom. The number of fused-ring (bicyclic) bond motifs is 6. The fourth-order valence-electron chi connectivity index (χ4n) is 13.3. The van der Waals surface area contributed by atoms with E-state index in [9.17, 15) is 0 Å². The second kappa shape index (κ2) is 20.8. The average Bonchev–Trinajstić information content (AvgIpc) is 2.03. The maximum Gasteiger partial charge on any atom is 0.126 e. The number of hydrogen-bond acceptors (Lipinski definition) is 2. The molecule has 2 nitrogen and oxygen atoms in total. The van der Waals surface area contributed by atoms with Crippen LogP contribution in [0.1, 0.15) is 55.6 Å². The summed E-state index contributed by atoms with van der Waals surface area (Å²) in [5.41, 5.74) is 17.6. The summed E-state index contributed by atoms with van der Waals surface area (Å²) in [7, 11) is 0. The zero-order valence-corrected chi connectivity index (χ0v) is 45.5. The molecule has 0 saturated heterocycles. The first-order valence-corrected chi connectivity index (χ1v) is 27.9. The predicted octanol–water partition coefficient (Wildman–Crippen LogP) is 20.9. The molecular weight excluding hydrogens is 1040 g/mol. The molecule has 0 radical (unpaired) electrons. The van der Waals surface area contributed by atoms with E-state index in [1.165, 1.54) is 24.3 Å². The number of nitrogens with zero attached hydrogens (tertiary/aromatic N) is 2. The van der Waals surface area contributed by atoms with Crippen LogP contribution < -0.4 is 9.80 Å². The van der Waals surface area contributed by atoms with E-state index >= 15 is 17.6 Å². The van der Waals surface area contributed by atoms with E-state index in [1.54, 1.807) is 12.2 Å². The van der Waals surface area contributed by atoms with Crippen molar-refractivity contribution in [1.82, 2.24) is 0 Å². The molecule has 0 aromatic heterocycles. The number of rotatable bonds is 13. The lowest BCUT2D eigenvalue weighted by Crippen LogP contribution is -2.29. The second-order valence-electron chi connectivity index (χ2n) is 21.5. The van der Waals surface area contributed by atoms with Gasteiger partial charge in [-0.1, -0.05) is 195 Å². The lowest BCUT2D eigenvalue weighted by Gasteiger charge is -2.35. The molecule has 84 heavy (non-hydrogen) atoms. The van der Waals surface area contributed by atoms with Crippen LogP contribution in [0.4, 0.5) is 51.7 Å². The highest BCUT2D eigenvalue weighted by Crippen LogP contribution is 2.59. The van der Waals surface area contributed by atoms with Crippen LogP contribution in [0.5, 0.6) is 0 Å². The van der Waals surface area contributed by atoms with Gasteiger partial charge in [-0.15, -0.1) is 0 Å². The van der Waals surface area contributed by atoms with Crippen LogP contribution in [0.25, 0.3) is 45.5 Å². The Hall–Kier alpha value is -10.6. The summed E-state index contributed by atoms with van der Waals surface area (Å²) in [6.07, 6.45) is 3.58. The lowest BCUT2D eigenvalue weighted by molar-refractivity contribution is 0.573. The van der Waals surface area contributed by atoms with E-state index in [0.29, 0.717) is 11.1 Å². The van der Waals surface area contributed by atoms with Gasteiger partial charge in [0, 0.05) is 46.3 Å². The molecule has 0 fully saturated rings. The molecule has 0 amide bonds. The predicted molar refractivity (Wildman–Crippen MR) is 336 cm³/mol. The molecule has 0 N–H and O–H groups in total. The van der Waals surface area contributed by atoms with Crippen LogP contribution in [-0.4, -0.2) is 0 Å². The summed E-state index contributed by atoms with van der Waals surface area (Å²) >= 11 is 0. The molecule has 0 heterocycles. The van der Waals surface area contributed by atoms with Crippen LogP contribution in [-0.2, 0) is 10.8 Å². The van der Waals surface area contributed by atoms with Crippen molar-refractivity contribution >= 4 is 46.3 Å². The number of hydrogen-bond donors (Lipinski definition) is 0. The molecule has 0 spiro atoms. The molecule has 14 rings (SSSR count). The Bertz CT molecular complexity index is 4170. The highest BCUT2D eigenvalue weighted by atomic mass is 19.1. The van der Waals surface area contributed by atoms with E-state index in [2.05, 4.69) is 156 Å². The smallest absolute Gasteiger partial charge is 0.126 e. The number of benzene rings is 12. The maximum absolute atomic E-state index is 15.6. The lowest BCUT2D eigenvalue weighted by atomic mass is 9.67. The third kappa shape index (κ3) is 8.40. The molecule has 2 aliphatic rings. The average molecular weight is 1090 g/mol. The quantitative estimate of drug-likeness (QED) is 0.106. The summed E-state index contributed by atoms with van der Waals surface area (Å²) < 4.78 is 62.4. The number of halogens is 4. The Morgan fingerprint density at radius 2 is 0.571 bits per heavy atom. The summed E-state index contributed by atoms with van der Waals surface area (Å²) in [6, 6.07) is 90.5. The first-order chi connectivity index (χ1) is 41.1. The van der Waals surface area contributed by atoms with Crippen LogP contribution in [0, 0.1) is 23.3 Å². The van der Waals surface area contributed by atoms with Gasteiger partial charge in [-0.3, -0.25) is 0 Å². The minimum absolute atomic E-state index is 0.494. The van der Waals surface area contributed by atoms with Crippen molar-refractivity contribution in [3.8, 4) is 33.4 Å². The van der Waals surface area contributed by atoms with Gasteiger partial charge in [-0.05, 0) is 186 Å². The van der Waals surface area contributed by atoms with Gasteiger partial charge in [-0.2, -0.15) is 0 Å². The monoisotopic (exact) mass is 1090 g/mol. The minimum Gasteiger partial charge on any atom is -0.310 e. The molecular formula is C78H52F4N2. The van der Waals surface area contributed by atoms with Crippen LogP contribution in [0.15, 0.2) is 292 Å². The second-order valence-corrected chi connectivity index (χ2v) is 21.5. The van der Waals surface area contributed by atoms with Gasteiger partial charge in [0.1, 0.15) is 23.3 Å². The Labute approximate surface area is 486 Å². The topological polar surface area (TPSA) is 6.48 Å². The number of para-hydroxylation sites is 2. The molecule has 12 aromatic carbocycles. The van der Waals surface area contributed by atoms with Crippen molar-refractivity contribution < 1.29 is 17.6 Å². The molecule has 2 unspecified atom stereocenters. The Morgan fingerprint density at radius 1 is 0.262 bits per heavy atom. The van der Waals surface area contributed by atoms with Gasteiger partial charge < -0.3 is 9.80 Å². The first-order valence-electron chi connectivity index (χ1n) is 27.9. The van der Waals surface area contributed by atoms with Crippen LogP contribution >= 0.6 is 0 Å². The molecule has 2 aliphatic carbocycles. The van der Waals surface area contributed by atoms with Crippen LogP contribution in [0.3, 0.4) is 0 Å². The summed E-state index contributed by atoms with van der Waals surface area (Å²) in [5, 5.41) is 0. The molecule has 0 aliphatic heterocycles. The third-order valence-corrected chi connectivity index (χ3v) is 16.9. The summed E-state index contributed by atoms with van der Waals surface area (Å²) in [4.78, 5) is 4.44. The molecule has 0 saturated carbocycles. The van der Waals surface area contributed by atoms with Crippen molar-refractivity contribution in [1.29, 1.82) is 0 Å². The van der Waals surface area contributed by atoms with E-state index in [1.807, 2.05) is 109 Å². The highest BCUT2D eigenvalue weighted by Gasteiger charge is 2.48. The van der Waals surface area contributed by atoms with Crippen molar-refractivity contribution in [3.63, 3.8) is 0 Å². The van der Waals surface area contributed by atoms with Crippen molar-refractivity contribution in [3.05, 3.63) is 371 Å². The van der Waals surface area contributed by atoms with Gasteiger partial charge in [0.2, 0.25) is 0 Å². The fraction of sp³-hybridized carbons (Fsp3) is 0.0256. The first kappa shape index (κ1) is 51.6. The third-order valence-electron chi connectivity index (χ3n) is 16.9. The van der Waals surface area contributed by atoms with Crippen molar-refractivity contribution in [2.45, 2.75) is 10.8 Å². The van der Waals surface area contributed by atoms with Crippen LogP contribution in [0.2, 0.25) is 0 Å². The highest BCUT2D eigenvalue weighted by molar-refractivity contribution is 5.92. The molecule has 0 bridgehead atoms. The molecule has 6 heteroatoms. The van der Waals surface area contributed by atoms with Gasteiger partial charge >= 0.3 is 0 Å². The largest absolute Gasteiger partial charge is 0.310 e. The van der Waals surface area contributed by atoms with Gasteiger partial charge in [0.15, 0.2) is 0 Å². The Balaban J connectivity index is 0.857. The molecule has 402 valence electrons. The summed E-state index contributed by atoms with van der Waals surface area (Å²) in [6.45, 7) is 7.97. The zero-order chi connectivity index (χ0) is 57.1. The molecule has 2 atom stereocenters. The Kier molecular flexibility index (Phi) is 12.7. The van der Waals surface area contributed by atoms with E-state index < -0.39 is 34.1 Å². The van der Waals surface area contributed by atoms with Gasteiger partial charge in [-0.25, -0.2) is 17.6 Å². The van der Waals surface area contributed by atoms with E-state index in [-0.39, 0.29) is 0 Å². The SMILES string of the molecule is C=Cc1ccc(C2(c3cc(F)cc(F)c3)c3ccccc3-c3ccc(N(c4ccccc4)c4ccc(-c5ccc(N(c6ccccc6)c6ccc7c(c6)C(c6ccc(C=C)cc6)(c6cc(F)cc(F)c6)c6ccccc6-7)cc5)cc4)cc32)cc1. The standard InChI is InChI=1S/C78H52F4N2/c1-3-51-23-31-55(32-24-51)77(57-43-59(79)47-60(80)44-57)73-21-13-11-19-69(73)71-41-39-67(49-75(71)77)83(63-15-7-5-8-16-63)65-35-27-53(28-36-65)54-29-37-66(38-30-54)84(64-17-9-6-10-18-64)68-40-42-72-70-20-12-14-22-74(70)78(76(72)50-68,56-33-25-52(4-2)26-34-56)58-45-61(81)48-62(82)46-58/h3-50H,1-2H2. The maximum atomic E-state index is 15.6. The fourth-order valence-corrected chi connectivity index (χ4v) is 13.3. The van der Waals surface area contributed by atoms with Crippen molar-refractivity contribution in [2.75, 3.05) is 9.80 Å². The number of anilines is 6. The van der Waals surface area contributed by atoms with Gasteiger partial charge in [0.05, 0.1) is 10.8 Å². The normalized spacial score (nSPS) is 15.3. The minimum atomic E-state index is -1.07. The van der Waals surface area contributed by atoms with E-state index in [4.69, 9.17) is 0 Å². The summed E-state index contributed by atoms with van der Waals surface area (Å²) in [5.74, 6) is -2.59.